The minimum absolute atomic E-state index is 0.120. The Balaban J connectivity index is 1.85. The van der Waals surface area contributed by atoms with E-state index in [0.717, 1.165) is 0 Å². The standard InChI is InChI=1S/C18H15F3N4O3S/c19-18(20,21)17(28,15-25-12-6-1-2-7-13(12)29-15)9-14(26)23-10-4-3-5-11(8-10)24-16(22)27/h1-8,28H,9H2,(H,23,26)(H3,22,24,27). The fraction of sp³-hybridized carbons (Fsp3) is 0.167. The summed E-state index contributed by atoms with van der Waals surface area (Å²) in [5, 5.41) is 14.4. The summed E-state index contributed by atoms with van der Waals surface area (Å²) in [5.74, 6) is -1.08. The molecular weight excluding hydrogens is 409 g/mol. The van der Waals surface area contributed by atoms with Crippen LogP contribution < -0.4 is 16.4 Å². The summed E-state index contributed by atoms with van der Waals surface area (Å²) < 4.78 is 41.6. The quantitative estimate of drug-likeness (QED) is 0.501. The van der Waals surface area contributed by atoms with Gasteiger partial charge in [-0.05, 0) is 30.3 Å². The number of alkyl halides is 3. The van der Waals surface area contributed by atoms with Crippen molar-refractivity contribution in [1.82, 2.24) is 4.98 Å². The molecule has 0 bridgehead atoms. The Morgan fingerprint density at radius 3 is 2.34 bits per heavy atom. The van der Waals surface area contributed by atoms with Gasteiger partial charge in [0.25, 0.3) is 0 Å². The number of urea groups is 1. The van der Waals surface area contributed by atoms with Gasteiger partial charge >= 0.3 is 12.2 Å². The first-order valence-electron chi connectivity index (χ1n) is 8.20. The Hall–Kier alpha value is -3.18. The first-order chi connectivity index (χ1) is 13.6. The van der Waals surface area contributed by atoms with Crippen molar-refractivity contribution in [3.8, 4) is 0 Å². The van der Waals surface area contributed by atoms with Crippen LogP contribution in [0, 0.1) is 0 Å². The summed E-state index contributed by atoms with van der Waals surface area (Å²) in [6.07, 6.45) is -6.42. The third kappa shape index (κ3) is 4.46. The molecule has 1 atom stereocenters. The van der Waals surface area contributed by atoms with E-state index >= 15 is 0 Å². The molecule has 0 aliphatic heterocycles. The number of nitrogens with two attached hydrogens (primary N) is 1. The van der Waals surface area contributed by atoms with Gasteiger partial charge in [0.05, 0.1) is 16.6 Å². The topological polar surface area (TPSA) is 117 Å². The Bertz CT molecular complexity index is 1040. The van der Waals surface area contributed by atoms with E-state index in [9.17, 15) is 27.9 Å². The first kappa shape index (κ1) is 20.6. The van der Waals surface area contributed by atoms with Gasteiger partial charge in [0.1, 0.15) is 5.01 Å². The molecule has 11 heteroatoms. The predicted octanol–water partition coefficient (Wildman–Crippen LogP) is 3.57. The molecule has 1 aromatic heterocycles. The molecule has 0 spiro atoms. The van der Waals surface area contributed by atoms with Gasteiger partial charge in [0.2, 0.25) is 11.5 Å². The van der Waals surface area contributed by atoms with Crippen LogP contribution in [-0.4, -0.2) is 28.2 Å². The van der Waals surface area contributed by atoms with Gasteiger partial charge in [-0.1, -0.05) is 18.2 Å². The number of primary amides is 1. The van der Waals surface area contributed by atoms with Crippen molar-refractivity contribution in [2.75, 3.05) is 10.6 Å². The molecule has 3 amide bonds. The number of nitrogens with one attached hydrogen (secondary N) is 2. The average molecular weight is 424 g/mol. The first-order valence-corrected chi connectivity index (χ1v) is 9.02. The molecule has 0 aliphatic rings. The second kappa shape index (κ2) is 7.68. The summed E-state index contributed by atoms with van der Waals surface area (Å²) in [4.78, 5) is 27.0. The molecule has 152 valence electrons. The number of benzene rings is 2. The smallest absolute Gasteiger partial charge is 0.374 e. The highest BCUT2D eigenvalue weighted by atomic mass is 32.1. The molecule has 0 saturated carbocycles. The highest BCUT2D eigenvalue weighted by Gasteiger charge is 2.58. The number of halogens is 3. The van der Waals surface area contributed by atoms with Crippen molar-refractivity contribution in [3.05, 3.63) is 53.5 Å². The second-order valence-corrected chi connectivity index (χ2v) is 7.17. The van der Waals surface area contributed by atoms with E-state index in [0.29, 0.717) is 21.6 Å². The van der Waals surface area contributed by atoms with Gasteiger partial charge in [-0.25, -0.2) is 9.78 Å². The van der Waals surface area contributed by atoms with E-state index in [4.69, 9.17) is 5.73 Å². The van der Waals surface area contributed by atoms with E-state index in [2.05, 4.69) is 15.6 Å². The summed E-state index contributed by atoms with van der Waals surface area (Å²) in [7, 11) is 0. The Labute approximate surface area is 166 Å². The van der Waals surface area contributed by atoms with Crippen LogP contribution in [0.1, 0.15) is 11.4 Å². The van der Waals surface area contributed by atoms with E-state index in [-0.39, 0.29) is 11.4 Å². The van der Waals surface area contributed by atoms with E-state index in [1.54, 1.807) is 18.2 Å². The van der Waals surface area contributed by atoms with Crippen molar-refractivity contribution in [1.29, 1.82) is 0 Å². The van der Waals surface area contributed by atoms with Crippen LogP contribution >= 0.6 is 11.3 Å². The number of hydrogen-bond donors (Lipinski definition) is 4. The normalized spacial score (nSPS) is 13.7. The zero-order valence-corrected chi connectivity index (χ0v) is 15.5. The van der Waals surface area contributed by atoms with Crippen LogP contribution in [0.5, 0.6) is 0 Å². The fourth-order valence-electron chi connectivity index (χ4n) is 2.60. The molecule has 0 aliphatic carbocycles. The van der Waals surface area contributed by atoms with Crippen molar-refractivity contribution in [3.63, 3.8) is 0 Å². The highest BCUT2D eigenvalue weighted by Crippen LogP contribution is 2.44. The predicted molar refractivity (Wildman–Crippen MR) is 102 cm³/mol. The molecule has 7 nitrogen and oxygen atoms in total. The average Bonchev–Trinajstić information content (AvgIpc) is 3.05. The molecule has 0 saturated heterocycles. The van der Waals surface area contributed by atoms with Crippen molar-refractivity contribution in [2.45, 2.75) is 18.2 Å². The molecule has 0 radical (unpaired) electrons. The summed E-state index contributed by atoms with van der Waals surface area (Å²) >= 11 is 0.666. The van der Waals surface area contributed by atoms with E-state index in [1.807, 2.05) is 0 Å². The number of rotatable bonds is 5. The van der Waals surface area contributed by atoms with Crippen LogP contribution in [0.3, 0.4) is 0 Å². The number of nitrogens with zero attached hydrogens (tertiary/aromatic N) is 1. The molecule has 1 heterocycles. The van der Waals surface area contributed by atoms with Gasteiger partial charge in [-0.3, -0.25) is 4.79 Å². The number of aliphatic hydroxyl groups is 1. The lowest BCUT2D eigenvalue weighted by atomic mass is 9.99. The SMILES string of the molecule is NC(=O)Nc1cccc(NC(=O)CC(O)(c2nc3ccccc3s2)C(F)(F)F)c1. The third-order valence-electron chi connectivity index (χ3n) is 3.95. The molecule has 29 heavy (non-hydrogen) atoms. The Morgan fingerprint density at radius 1 is 1.07 bits per heavy atom. The zero-order valence-electron chi connectivity index (χ0n) is 14.7. The summed E-state index contributed by atoms with van der Waals surface area (Å²) in [5.41, 5.74) is 2.20. The minimum atomic E-state index is -5.13. The minimum Gasteiger partial charge on any atom is -0.374 e. The maximum atomic E-state index is 13.7. The van der Waals surface area contributed by atoms with Crippen molar-refractivity contribution < 1.29 is 27.9 Å². The fourth-order valence-corrected chi connectivity index (χ4v) is 3.67. The second-order valence-electron chi connectivity index (χ2n) is 6.14. The number of aromatic nitrogens is 1. The lowest BCUT2D eigenvalue weighted by Gasteiger charge is -2.27. The number of fused-ring (bicyclic) bond motifs is 1. The van der Waals surface area contributed by atoms with Crippen molar-refractivity contribution in [2.24, 2.45) is 5.73 Å². The number of thiazole rings is 1. The molecule has 3 aromatic rings. The largest absolute Gasteiger partial charge is 0.424 e. The van der Waals surface area contributed by atoms with E-state index < -0.39 is 35.1 Å². The van der Waals surface area contributed by atoms with Crippen molar-refractivity contribution >= 4 is 44.9 Å². The third-order valence-corrected chi connectivity index (χ3v) is 5.13. The number of anilines is 2. The van der Waals surface area contributed by atoms with Crippen LogP contribution in [0.4, 0.5) is 29.3 Å². The van der Waals surface area contributed by atoms with Gasteiger partial charge in [0.15, 0.2) is 0 Å². The molecular formula is C18H15F3N4O3S. The molecule has 0 fully saturated rings. The number of para-hydroxylation sites is 1. The highest BCUT2D eigenvalue weighted by molar-refractivity contribution is 7.18. The Morgan fingerprint density at radius 2 is 1.72 bits per heavy atom. The van der Waals surface area contributed by atoms with Crippen LogP contribution in [-0.2, 0) is 10.4 Å². The lowest BCUT2D eigenvalue weighted by molar-refractivity contribution is -0.266. The molecule has 5 N–H and O–H groups in total. The number of carbonyl (C=O) groups excluding carboxylic acids is 2. The number of carbonyl (C=O) groups is 2. The maximum absolute atomic E-state index is 13.7. The molecule has 1 unspecified atom stereocenters. The monoisotopic (exact) mass is 424 g/mol. The molecule has 2 aromatic carbocycles. The summed E-state index contributed by atoms with van der Waals surface area (Å²) in [6.45, 7) is 0. The van der Waals surface area contributed by atoms with Crippen LogP contribution in [0.2, 0.25) is 0 Å². The van der Waals surface area contributed by atoms with Gasteiger partial charge in [-0.2, -0.15) is 13.2 Å². The van der Waals surface area contributed by atoms with Gasteiger partial charge in [-0.15, -0.1) is 11.3 Å². The number of hydrogen-bond acceptors (Lipinski definition) is 5. The van der Waals surface area contributed by atoms with Gasteiger partial charge < -0.3 is 21.5 Å². The maximum Gasteiger partial charge on any atom is 0.424 e. The summed E-state index contributed by atoms with van der Waals surface area (Å²) in [6, 6.07) is 11.2. The molecule has 3 rings (SSSR count). The zero-order chi connectivity index (χ0) is 21.2. The Kier molecular flexibility index (Phi) is 5.44. The van der Waals surface area contributed by atoms with Gasteiger partial charge in [0, 0.05) is 11.4 Å². The van der Waals surface area contributed by atoms with Crippen LogP contribution in [0.15, 0.2) is 48.5 Å². The van der Waals surface area contributed by atoms with Crippen LogP contribution in [0.25, 0.3) is 10.2 Å². The van der Waals surface area contributed by atoms with E-state index in [1.165, 1.54) is 30.3 Å². The number of amides is 3. The lowest BCUT2D eigenvalue weighted by Crippen LogP contribution is -2.45.